The van der Waals surface area contributed by atoms with E-state index in [1.54, 1.807) is 41.3 Å². The highest BCUT2D eigenvalue weighted by molar-refractivity contribution is 5.90. The number of alkyl halides is 2. The van der Waals surface area contributed by atoms with Gasteiger partial charge in [-0.3, -0.25) is 14.6 Å². The molecule has 9 heteroatoms. The third kappa shape index (κ3) is 6.00. The molecule has 0 radical (unpaired) electrons. The maximum atomic E-state index is 14.9. The lowest BCUT2D eigenvalue weighted by Crippen LogP contribution is -2.33. The summed E-state index contributed by atoms with van der Waals surface area (Å²) < 4.78 is 45.3. The molecule has 2 amide bonds. The molecular formula is C23H26F3N3O3. The minimum atomic E-state index is -0.594. The number of cyclic esters (lactones) is 1. The number of nitrogens with zero attached hydrogens (tertiary/aromatic N) is 2. The van der Waals surface area contributed by atoms with Crippen molar-refractivity contribution in [1.82, 2.24) is 10.2 Å². The molecule has 0 spiro atoms. The Labute approximate surface area is 184 Å². The van der Waals surface area contributed by atoms with Crippen LogP contribution >= 0.6 is 0 Å². The molecule has 3 rings (SSSR count). The third-order valence-corrected chi connectivity index (χ3v) is 5.19. The average molecular weight is 449 g/mol. The van der Waals surface area contributed by atoms with Crippen LogP contribution in [0.5, 0.6) is 0 Å². The molecule has 0 aromatic heterocycles. The van der Waals surface area contributed by atoms with Gasteiger partial charge in [-0.2, -0.15) is 0 Å². The van der Waals surface area contributed by atoms with Crippen molar-refractivity contribution in [3.63, 3.8) is 0 Å². The number of nitrogens with one attached hydrogen (secondary N) is 1. The number of benzene rings is 2. The van der Waals surface area contributed by atoms with E-state index >= 15 is 0 Å². The van der Waals surface area contributed by atoms with Crippen molar-refractivity contribution in [3.8, 4) is 11.1 Å². The molecule has 1 fully saturated rings. The fraction of sp³-hybridized carbons (Fsp3) is 0.391. The Morgan fingerprint density at radius 1 is 1.16 bits per heavy atom. The van der Waals surface area contributed by atoms with E-state index in [1.807, 2.05) is 0 Å². The van der Waals surface area contributed by atoms with Crippen molar-refractivity contribution < 1.29 is 27.5 Å². The van der Waals surface area contributed by atoms with E-state index < -0.39 is 31.4 Å². The molecule has 2 aromatic carbocycles. The highest BCUT2D eigenvalue weighted by Gasteiger charge is 2.32. The Kier molecular flexibility index (Phi) is 8.10. The molecule has 2 aromatic rings. The van der Waals surface area contributed by atoms with Crippen LogP contribution in [0.15, 0.2) is 42.5 Å². The van der Waals surface area contributed by atoms with Crippen LogP contribution in [-0.4, -0.2) is 62.5 Å². The molecule has 0 aliphatic carbocycles. The molecule has 0 bridgehead atoms. The Balaban J connectivity index is 1.68. The monoisotopic (exact) mass is 449 g/mol. The fourth-order valence-corrected chi connectivity index (χ4v) is 3.56. The van der Waals surface area contributed by atoms with Crippen LogP contribution in [0.4, 0.5) is 23.7 Å². The van der Waals surface area contributed by atoms with Crippen LogP contribution in [0.2, 0.25) is 0 Å². The average Bonchev–Trinajstić information content (AvgIpc) is 3.14. The van der Waals surface area contributed by atoms with E-state index in [9.17, 15) is 22.8 Å². The zero-order valence-corrected chi connectivity index (χ0v) is 17.8. The number of rotatable bonds is 10. The SMILES string of the molecule is CC(=O)NC[C@H]1CN(c2ccc(-c3ccc(CN(CCF)CCF)cc3)c(F)c2)C(=O)O1. The van der Waals surface area contributed by atoms with Gasteiger partial charge in [0.05, 0.1) is 18.8 Å². The predicted octanol–water partition coefficient (Wildman–Crippen LogP) is 3.70. The quantitative estimate of drug-likeness (QED) is 0.601. The molecule has 1 aliphatic heterocycles. The van der Waals surface area contributed by atoms with Crippen LogP contribution in [0, 0.1) is 5.82 Å². The summed E-state index contributed by atoms with van der Waals surface area (Å²) >= 11 is 0. The van der Waals surface area contributed by atoms with Crippen molar-refractivity contribution in [3.05, 3.63) is 53.8 Å². The minimum absolute atomic E-state index is 0.159. The zero-order chi connectivity index (χ0) is 23.1. The van der Waals surface area contributed by atoms with Crippen molar-refractivity contribution in [2.75, 3.05) is 44.4 Å². The summed E-state index contributed by atoms with van der Waals surface area (Å²) in [7, 11) is 0. The van der Waals surface area contributed by atoms with Gasteiger partial charge in [-0.05, 0) is 29.3 Å². The van der Waals surface area contributed by atoms with Crippen LogP contribution in [0.3, 0.4) is 0 Å². The molecule has 1 heterocycles. The molecule has 6 nitrogen and oxygen atoms in total. The Hall–Kier alpha value is -3.07. The van der Waals surface area contributed by atoms with Gasteiger partial charge >= 0.3 is 6.09 Å². The number of carbonyl (C=O) groups is 2. The number of amides is 2. The van der Waals surface area contributed by atoms with Gasteiger partial charge < -0.3 is 10.1 Å². The van der Waals surface area contributed by atoms with Gasteiger partial charge in [-0.25, -0.2) is 18.0 Å². The first-order valence-electron chi connectivity index (χ1n) is 10.4. The van der Waals surface area contributed by atoms with E-state index in [-0.39, 0.29) is 32.1 Å². The van der Waals surface area contributed by atoms with Crippen molar-refractivity contribution in [1.29, 1.82) is 0 Å². The van der Waals surface area contributed by atoms with Gasteiger partial charge in [0.15, 0.2) is 0 Å². The normalized spacial score (nSPS) is 15.8. The highest BCUT2D eigenvalue weighted by atomic mass is 19.1. The Bertz CT molecular complexity index is 934. The summed E-state index contributed by atoms with van der Waals surface area (Å²) in [6, 6.07) is 11.6. The Morgan fingerprint density at radius 3 is 2.44 bits per heavy atom. The van der Waals surface area contributed by atoms with Crippen LogP contribution in [0.25, 0.3) is 11.1 Å². The largest absolute Gasteiger partial charge is 0.442 e. The van der Waals surface area contributed by atoms with Gasteiger partial charge in [0.1, 0.15) is 25.3 Å². The smallest absolute Gasteiger partial charge is 0.414 e. The van der Waals surface area contributed by atoms with Crippen molar-refractivity contribution in [2.45, 2.75) is 19.6 Å². The number of hydrogen-bond donors (Lipinski definition) is 1. The molecule has 1 N–H and O–H groups in total. The maximum absolute atomic E-state index is 14.9. The zero-order valence-electron chi connectivity index (χ0n) is 17.8. The van der Waals surface area contributed by atoms with Gasteiger partial charge in [0.25, 0.3) is 0 Å². The van der Waals surface area contributed by atoms with Crippen molar-refractivity contribution >= 4 is 17.7 Å². The topological polar surface area (TPSA) is 61.9 Å². The second-order valence-corrected chi connectivity index (χ2v) is 7.57. The number of hydrogen-bond acceptors (Lipinski definition) is 4. The first-order chi connectivity index (χ1) is 15.4. The summed E-state index contributed by atoms with van der Waals surface area (Å²) in [6.07, 6.45) is -1.10. The number of anilines is 1. The van der Waals surface area contributed by atoms with Crippen LogP contribution < -0.4 is 10.2 Å². The molecule has 1 saturated heterocycles. The molecule has 0 saturated carbocycles. The maximum Gasteiger partial charge on any atom is 0.414 e. The van der Waals surface area contributed by atoms with Crippen molar-refractivity contribution in [2.24, 2.45) is 0 Å². The molecule has 172 valence electrons. The van der Waals surface area contributed by atoms with E-state index in [0.717, 1.165) is 5.56 Å². The lowest BCUT2D eigenvalue weighted by molar-refractivity contribution is -0.119. The predicted molar refractivity (Wildman–Crippen MR) is 115 cm³/mol. The third-order valence-electron chi connectivity index (χ3n) is 5.19. The number of ether oxygens (including phenoxy) is 1. The lowest BCUT2D eigenvalue weighted by atomic mass is 10.0. The molecular weight excluding hydrogens is 423 g/mol. The van der Waals surface area contributed by atoms with Gasteiger partial charge in [0, 0.05) is 32.1 Å². The molecule has 32 heavy (non-hydrogen) atoms. The molecule has 0 unspecified atom stereocenters. The van der Waals surface area contributed by atoms with Crippen LogP contribution in [-0.2, 0) is 16.1 Å². The van der Waals surface area contributed by atoms with E-state index in [4.69, 9.17) is 4.74 Å². The van der Waals surface area contributed by atoms with E-state index in [1.165, 1.54) is 17.9 Å². The summed E-state index contributed by atoms with van der Waals surface area (Å²) in [5.41, 5.74) is 2.25. The summed E-state index contributed by atoms with van der Waals surface area (Å²) in [6.45, 7) is 1.41. The number of halogens is 3. The first kappa shape index (κ1) is 23.6. The van der Waals surface area contributed by atoms with E-state index in [2.05, 4.69) is 5.32 Å². The standard InChI is InChI=1S/C23H26F3N3O3/c1-16(30)27-13-20-15-29(23(31)32-20)19-6-7-21(22(26)12-19)18-4-2-17(3-5-18)14-28(10-8-24)11-9-25/h2-7,12,20H,8-11,13-15H2,1H3,(H,27,30)/t20-/m0/s1. The highest BCUT2D eigenvalue weighted by Crippen LogP contribution is 2.29. The van der Waals surface area contributed by atoms with Gasteiger partial charge in [-0.1, -0.05) is 24.3 Å². The Morgan fingerprint density at radius 2 is 1.84 bits per heavy atom. The summed E-state index contributed by atoms with van der Waals surface area (Å²) in [5, 5.41) is 2.60. The summed E-state index contributed by atoms with van der Waals surface area (Å²) in [4.78, 5) is 26.2. The van der Waals surface area contributed by atoms with Crippen LogP contribution in [0.1, 0.15) is 12.5 Å². The lowest BCUT2D eigenvalue weighted by Gasteiger charge is -2.19. The minimum Gasteiger partial charge on any atom is -0.442 e. The summed E-state index contributed by atoms with van der Waals surface area (Å²) in [5.74, 6) is -0.719. The second-order valence-electron chi connectivity index (χ2n) is 7.57. The van der Waals surface area contributed by atoms with Gasteiger partial charge in [0.2, 0.25) is 5.91 Å². The van der Waals surface area contributed by atoms with Gasteiger partial charge in [-0.15, -0.1) is 0 Å². The van der Waals surface area contributed by atoms with E-state index in [0.29, 0.717) is 23.4 Å². The second kappa shape index (κ2) is 11.0. The fourth-order valence-electron chi connectivity index (χ4n) is 3.56. The first-order valence-corrected chi connectivity index (χ1v) is 10.4. The number of carbonyl (C=O) groups excluding carboxylic acids is 2. The molecule has 1 atom stereocenters. The molecule has 1 aliphatic rings.